The number of hydrogen-bond acceptors (Lipinski definition) is 5. The number of nitrogens with one attached hydrogen (secondary N) is 1. The third-order valence-corrected chi connectivity index (χ3v) is 6.51. The second kappa shape index (κ2) is 6.73. The third kappa shape index (κ3) is 3.44. The lowest BCUT2D eigenvalue weighted by molar-refractivity contribution is 0.431. The van der Waals surface area contributed by atoms with Gasteiger partial charge in [0.05, 0.1) is 6.26 Å². The quantitative estimate of drug-likeness (QED) is 0.636. The normalized spacial score (nSPS) is 26.9. The van der Waals surface area contributed by atoms with Gasteiger partial charge in [-0.25, -0.2) is 0 Å². The van der Waals surface area contributed by atoms with Crippen molar-refractivity contribution in [2.45, 2.75) is 36.3 Å². The van der Waals surface area contributed by atoms with E-state index in [4.69, 9.17) is 10.3 Å². The predicted molar refractivity (Wildman–Crippen MR) is 76.3 cm³/mol. The van der Waals surface area contributed by atoms with Gasteiger partial charge in [-0.05, 0) is 18.6 Å². The fraction of sp³-hybridized carbons (Fsp3) is 0.667. The molecule has 0 amide bonds. The van der Waals surface area contributed by atoms with Gasteiger partial charge in [0.2, 0.25) is 0 Å². The van der Waals surface area contributed by atoms with Crippen LogP contribution in [0, 0.1) is 0 Å². The summed E-state index contributed by atoms with van der Waals surface area (Å²) in [4.78, 5) is 0. The molecule has 17 heavy (non-hydrogen) atoms. The average molecular weight is 272 g/mol. The smallest absolute Gasteiger partial charge is 0.105 e. The molecule has 1 aromatic heterocycles. The fourth-order valence-corrected chi connectivity index (χ4v) is 5.47. The summed E-state index contributed by atoms with van der Waals surface area (Å²) in [6.07, 6.45) is 3.81. The molecule has 3 N–H and O–H groups in total. The van der Waals surface area contributed by atoms with E-state index in [1.165, 1.54) is 17.9 Å². The highest BCUT2D eigenvalue weighted by molar-refractivity contribution is 8.07. The summed E-state index contributed by atoms with van der Waals surface area (Å²) in [6, 6.07) is 4.25. The van der Waals surface area contributed by atoms with Crippen LogP contribution in [0.1, 0.15) is 19.1 Å². The molecule has 0 saturated carbocycles. The molecule has 1 aromatic rings. The zero-order chi connectivity index (χ0) is 12.1. The first kappa shape index (κ1) is 13.3. The van der Waals surface area contributed by atoms with Crippen LogP contribution in [0.25, 0.3) is 0 Å². The van der Waals surface area contributed by atoms with Gasteiger partial charge in [0.1, 0.15) is 5.76 Å². The third-order valence-electron chi connectivity index (χ3n) is 3.11. The number of rotatable bonds is 5. The van der Waals surface area contributed by atoms with Gasteiger partial charge in [0, 0.05) is 34.5 Å². The van der Waals surface area contributed by atoms with Crippen LogP contribution in [0.5, 0.6) is 0 Å². The molecule has 0 aromatic carbocycles. The van der Waals surface area contributed by atoms with Crippen molar-refractivity contribution >= 4 is 23.5 Å². The largest absolute Gasteiger partial charge is 0.469 e. The molecule has 0 aliphatic carbocycles. The maximum atomic E-state index is 5.72. The van der Waals surface area contributed by atoms with E-state index in [-0.39, 0.29) is 0 Å². The fourth-order valence-electron chi connectivity index (χ4n) is 2.23. The SMILES string of the molecule is CCC1SCCSC1C(Cc1ccco1)NN. The minimum atomic E-state index is 0.295. The monoisotopic (exact) mass is 272 g/mol. The number of furan rings is 1. The summed E-state index contributed by atoms with van der Waals surface area (Å²) >= 11 is 4.13. The first-order valence-corrected chi connectivity index (χ1v) is 8.16. The molecule has 5 heteroatoms. The minimum absolute atomic E-state index is 0.295. The van der Waals surface area contributed by atoms with Crippen LogP contribution in [0.3, 0.4) is 0 Å². The van der Waals surface area contributed by atoms with E-state index in [9.17, 15) is 0 Å². The minimum Gasteiger partial charge on any atom is -0.469 e. The van der Waals surface area contributed by atoms with E-state index in [1.807, 2.05) is 23.9 Å². The Bertz CT molecular complexity index is 318. The maximum absolute atomic E-state index is 5.72. The van der Waals surface area contributed by atoms with E-state index in [2.05, 4.69) is 24.1 Å². The highest BCUT2D eigenvalue weighted by Gasteiger charge is 2.31. The number of thioether (sulfide) groups is 2. The van der Waals surface area contributed by atoms with Crippen LogP contribution in [0.2, 0.25) is 0 Å². The summed E-state index contributed by atoms with van der Waals surface area (Å²) < 4.78 is 5.41. The lowest BCUT2D eigenvalue weighted by atomic mass is 10.0. The first-order valence-electron chi connectivity index (χ1n) is 6.07. The molecule has 0 spiro atoms. The lowest BCUT2D eigenvalue weighted by Crippen LogP contribution is -2.49. The number of nitrogens with two attached hydrogens (primary N) is 1. The molecule has 2 rings (SSSR count). The molecule has 1 fully saturated rings. The lowest BCUT2D eigenvalue weighted by Gasteiger charge is -2.35. The van der Waals surface area contributed by atoms with E-state index in [0.717, 1.165) is 12.2 Å². The molecule has 96 valence electrons. The van der Waals surface area contributed by atoms with Gasteiger partial charge in [0.25, 0.3) is 0 Å². The summed E-state index contributed by atoms with van der Waals surface area (Å²) in [6.45, 7) is 2.26. The summed E-state index contributed by atoms with van der Waals surface area (Å²) in [7, 11) is 0. The van der Waals surface area contributed by atoms with Gasteiger partial charge in [-0.2, -0.15) is 23.5 Å². The first-order chi connectivity index (χ1) is 8.35. The van der Waals surface area contributed by atoms with E-state index >= 15 is 0 Å². The average Bonchev–Trinajstić information content (AvgIpc) is 2.89. The molecular weight excluding hydrogens is 252 g/mol. The Hall–Kier alpha value is -0.100. The van der Waals surface area contributed by atoms with Crippen LogP contribution in [0.15, 0.2) is 22.8 Å². The van der Waals surface area contributed by atoms with Crippen LogP contribution in [-0.4, -0.2) is 28.0 Å². The van der Waals surface area contributed by atoms with Gasteiger partial charge >= 0.3 is 0 Å². The zero-order valence-electron chi connectivity index (χ0n) is 10.1. The predicted octanol–water partition coefficient (Wildman–Crippen LogP) is 2.28. The number of hydrogen-bond donors (Lipinski definition) is 2. The maximum Gasteiger partial charge on any atom is 0.105 e. The number of hydrazine groups is 1. The summed E-state index contributed by atoms with van der Waals surface area (Å²) in [5, 5.41) is 1.28. The highest BCUT2D eigenvalue weighted by Crippen LogP contribution is 2.35. The molecule has 2 heterocycles. The van der Waals surface area contributed by atoms with E-state index in [0.29, 0.717) is 16.5 Å². The van der Waals surface area contributed by atoms with Crippen molar-refractivity contribution < 1.29 is 4.42 Å². The Balaban J connectivity index is 2.00. The standard InChI is InChI=1S/C12H20N2OS2/c1-2-11-12(17-7-6-16-11)10(14-13)8-9-4-3-5-15-9/h3-5,10-12,14H,2,6-8,13H2,1H3. The Morgan fingerprint density at radius 2 is 2.35 bits per heavy atom. The van der Waals surface area contributed by atoms with Crippen molar-refractivity contribution in [2.75, 3.05) is 11.5 Å². The van der Waals surface area contributed by atoms with Gasteiger partial charge in [-0.3, -0.25) is 11.3 Å². The van der Waals surface area contributed by atoms with Gasteiger partial charge < -0.3 is 4.42 Å². The van der Waals surface area contributed by atoms with Crippen LogP contribution < -0.4 is 11.3 Å². The Kier molecular flexibility index (Phi) is 5.28. The van der Waals surface area contributed by atoms with Crippen molar-refractivity contribution in [1.29, 1.82) is 0 Å². The molecule has 3 atom stereocenters. The summed E-state index contributed by atoms with van der Waals surface area (Å²) in [5.41, 5.74) is 2.98. The van der Waals surface area contributed by atoms with Crippen molar-refractivity contribution in [3.8, 4) is 0 Å². The Morgan fingerprint density at radius 1 is 1.53 bits per heavy atom. The van der Waals surface area contributed by atoms with Crippen LogP contribution >= 0.6 is 23.5 Å². The van der Waals surface area contributed by atoms with Gasteiger partial charge in [-0.1, -0.05) is 6.92 Å². The highest BCUT2D eigenvalue weighted by atomic mass is 32.2. The molecule has 1 aliphatic heterocycles. The van der Waals surface area contributed by atoms with Crippen molar-refractivity contribution in [3.05, 3.63) is 24.2 Å². The molecule has 0 bridgehead atoms. The Morgan fingerprint density at radius 3 is 3.00 bits per heavy atom. The topological polar surface area (TPSA) is 51.2 Å². The van der Waals surface area contributed by atoms with Crippen molar-refractivity contribution in [2.24, 2.45) is 5.84 Å². The second-order valence-electron chi connectivity index (χ2n) is 4.21. The van der Waals surface area contributed by atoms with Crippen LogP contribution in [-0.2, 0) is 6.42 Å². The molecule has 1 aliphatic rings. The Labute approximate surface area is 111 Å². The molecular formula is C12H20N2OS2. The van der Waals surface area contributed by atoms with E-state index in [1.54, 1.807) is 6.26 Å². The molecule has 3 nitrogen and oxygen atoms in total. The second-order valence-corrected chi connectivity index (χ2v) is 6.84. The van der Waals surface area contributed by atoms with Crippen LogP contribution in [0.4, 0.5) is 0 Å². The summed E-state index contributed by atoms with van der Waals surface area (Å²) in [5.74, 6) is 9.22. The molecule has 3 unspecified atom stereocenters. The van der Waals surface area contributed by atoms with Crippen molar-refractivity contribution in [1.82, 2.24) is 5.43 Å². The van der Waals surface area contributed by atoms with Crippen molar-refractivity contribution in [3.63, 3.8) is 0 Å². The van der Waals surface area contributed by atoms with Gasteiger partial charge in [-0.15, -0.1) is 0 Å². The zero-order valence-corrected chi connectivity index (χ0v) is 11.7. The molecule has 0 radical (unpaired) electrons. The molecule has 1 saturated heterocycles. The van der Waals surface area contributed by atoms with Gasteiger partial charge in [0.15, 0.2) is 0 Å². The van der Waals surface area contributed by atoms with E-state index < -0.39 is 0 Å².